The van der Waals surface area contributed by atoms with Crippen molar-refractivity contribution in [2.24, 2.45) is 5.92 Å². The zero-order chi connectivity index (χ0) is 24.9. The molecule has 2 aliphatic heterocycles. The van der Waals surface area contributed by atoms with Crippen molar-refractivity contribution in [3.63, 3.8) is 0 Å². The Balaban J connectivity index is 1.26. The Hall–Kier alpha value is -2.91. The number of sulfonamides is 1. The molecular weight excluding hydrogens is 466 g/mol. The number of rotatable bonds is 5. The zero-order valence-corrected chi connectivity index (χ0v) is 21.1. The average molecular weight is 498 g/mol. The van der Waals surface area contributed by atoms with Gasteiger partial charge >= 0.3 is 5.76 Å². The molecule has 0 bridgehead atoms. The fraction of sp³-hybridized carbons (Fsp3) is 0.462. The summed E-state index contributed by atoms with van der Waals surface area (Å²) >= 11 is 0. The Morgan fingerprint density at radius 3 is 2.54 bits per heavy atom. The van der Waals surface area contributed by atoms with Crippen LogP contribution in [0.1, 0.15) is 51.6 Å². The van der Waals surface area contributed by atoms with E-state index in [9.17, 15) is 18.0 Å². The van der Waals surface area contributed by atoms with E-state index in [0.717, 1.165) is 12.1 Å². The molecule has 0 spiro atoms. The minimum Gasteiger partial charge on any atom is -0.408 e. The van der Waals surface area contributed by atoms with Crippen LogP contribution in [-0.4, -0.2) is 42.3 Å². The van der Waals surface area contributed by atoms with Crippen LogP contribution in [0.25, 0.3) is 11.1 Å². The molecule has 0 N–H and O–H groups in total. The Labute approximate surface area is 205 Å². The van der Waals surface area contributed by atoms with Gasteiger partial charge in [0.1, 0.15) is 0 Å². The van der Waals surface area contributed by atoms with E-state index < -0.39 is 15.8 Å². The minimum atomic E-state index is -3.73. The summed E-state index contributed by atoms with van der Waals surface area (Å²) in [7, 11) is -3.73. The number of carbonyl (C=O) groups excluding carboxylic acids is 1. The molecular formula is C26H31N3O5S. The summed E-state index contributed by atoms with van der Waals surface area (Å²) in [6, 6.07) is 12.7. The second kappa shape index (κ2) is 8.95. The molecule has 0 saturated carbocycles. The predicted octanol–water partition coefficient (Wildman–Crippen LogP) is 3.94. The number of amides is 1. The van der Waals surface area contributed by atoms with Gasteiger partial charge in [-0.2, -0.15) is 4.31 Å². The molecule has 186 valence electrons. The van der Waals surface area contributed by atoms with Gasteiger partial charge in [-0.05, 0) is 69.7 Å². The van der Waals surface area contributed by atoms with Gasteiger partial charge in [-0.3, -0.25) is 9.36 Å². The lowest BCUT2D eigenvalue weighted by Gasteiger charge is -2.32. The Bertz CT molecular complexity index is 1430. The number of anilines is 1. The van der Waals surface area contributed by atoms with Crippen LogP contribution in [0.3, 0.4) is 0 Å². The summed E-state index contributed by atoms with van der Waals surface area (Å²) in [5.41, 5.74) is 3.05. The van der Waals surface area contributed by atoms with Gasteiger partial charge in [0.2, 0.25) is 15.9 Å². The number of benzene rings is 2. The minimum absolute atomic E-state index is 0.0926. The number of hydrogen-bond donors (Lipinski definition) is 0. The van der Waals surface area contributed by atoms with E-state index >= 15 is 0 Å². The van der Waals surface area contributed by atoms with Crippen molar-refractivity contribution in [3.8, 4) is 0 Å². The summed E-state index contributed by atoms with van der Waals surface area (Å²) in [6.07, 6.45) is 2.56. The smallest absolute Gasteiger partial charge is 0.408 e. The van der Waals surface area contributed by atoms with Crippen LogP contribution in [0, 0.1) is 5.92 Å². The molecule has 0 aliphatic carbocycles. The van der Waals surface area contributed by atoms with Crippen molar-refractivity contribution in [1.82, 2.24) is 8.87 Å². The van der Waals surface area contributed by atoms with Crippen molar-refractivity contribution < 1.29 is 17.6 Å². The molecule has 1 fully saturated rings. The highest BCUT2D eigenvalue weighted by atomic mass is 32.2. The van der Waals surface area contributed by atoms with Gasteiger partial charge in [-0.15, -0.1) is 0 Å². The van der Waals surface area contributed by atoms with Crippen molar-refractivity contribution >= 4 is 32.7 Å². The Morgan fingerprint density at radius 2 is 1.83 bits per heavy atom. The summed E-state index contributed by atoms with van der Waals surface area (Å²) in [6.45, 7) is 6.54. The average Bonchev–Trinajstić information content (AvgIpc) is 3.33. The lowest BCUT2D eigenvalue weighted by Crippen LogP contribution is -2.41. The van der Waals surface area contributed by atoms with Crippen LogP contribution in [-0.2, 0) is 21.2 Å². The third-order valence-corrected chi connectivity index (χ3v) is 9.15. The topological polar surface area (TPSA) is 92.8 Å². The SMILES string of the molecule is CC(C)n1c(=O)oc2cc(S(=O)(=O)N3CCC(CC(=O)N4c5ccccc5C[C@H]4C)CC3)ccc21. The van der Waals surface area contributed by atoms with Gasteiger partial charge in [0, 0.05) is 43.3 Å². The molecule has 1 aromatic heterocycles. The first kappa shape index (κ1) is 23.8. The van der Waals surface area contributed by atoms with Crippen molar-refractivity contribution in [2.75, 3.05) is 18.0 Å². The highest BCUT2D eigenvalue weighted by Crippen LogP contribution is 2.34. The van der Waals surface area contributed by atoms with E-state index in [0.29, 0.717) is 37.9 Å². The van der Waals surface area contributed by atoms with Crippen LogP contribution < -0.4 is 10.7 Å². The van der Waals surface area contributed by atoms with E-state index in [4.69, 9.17) is 4.42 Å². The summed E-state index contributed by atoms with van der Waals surface area (Å²) in [5, 5.41) is 0. The fourth-order valence-electron chi connectivity index (χ4n) is 5.46. The van der Waals surface area contributed by atoms with Crippen LogP contribution in [0.4, 0.5) is 5.69 Å². The first-order valence-electron chi connectivity index (χ1n) is 12.2. The van der Waals surface area contributed by atoms with Crippen molar-refractivity contribution in [3.05, 3.63) is 58.6 Å². The molecule has 35 heavy (non-hydrogen) atoms. The monoisotopic (exact) mass is 497 g/mol. The van der Waals surface area contributed by atoms with E-state index in [2.05, 4.69) is 13.0 Å². The molecule has 1 amide bonds. The standard InChI is InChI=1S/C26H31N3O5S/c1-17(2)28-23-9-8-21(16-24(23)34-26(28)31)35(32,33)27-12-10-19(11-13-27)15-25(30)29-18(3)14-20-6-4-5-7-22(20)29/h4-9,16-19H,10-15H2,1-3H3/t18-/m1/s1. The number of oxazole rings is 1. The van der Waals surface area contributed by atoms with E-state index in [-0.39, 0.29) is 34.4 Å². The third kappa shape index (κ3) is 4.21. The molecule has 0 radical (unpaired) electrons. The molecule has 2 aromatic carbocycles. The van der Waals surface area contributed by atoms with Gasteiger partial charge in [0.25, 0.3) is 0 Å². The highest BCUT2D eigenvalue weighted by Gasteiger charge is 2.34. The maximum Gasteiger partial charge on any atom is 0.420 e. The van der Waals surface area contributed by atoms with Crippen molar-refractivity contribution in [2.45, 2.75) is 63.4 Å². The fourth-order valence-corrected chi connectivity index (χ4v) is 6.95. The van der Waals surface area contributed by atoms with Gasteiger partial charge in [0.05, 0.1) is 10.4 Å². The first-order chi connectivity index (χ1) is 16.7. The summed E-state index contributed by atoms with van der Waals surface area (Å²) in [5.74, 6) is -0.238. The number of fused-ring (bicyclic) bond motifs is 2. The molecule has 1 saturated heterocycles. The quantitative estimate of drug-likeness (QED) is 0.532. The number of nitrogens with zero attached hydrogens (tertiary/aromatic N) is 3. The molecule has 0 unspecified atom stereocenters. The molecule has 2 aliphatic rings. The molecule has 3 heterocycles. The molecule has 9 heteroatoms. The number of hydrogen-bond acceptors (Lipinski definition) is 5. The van der Waals surface area contributed by atoms with Crippen molar-refractivity contribution in [1.29, 1.82) is 0 Å². The maximum atomic E-state index is 13.3. The highest BCUT2D eigenvalue weighted by molar-refractivity contribution is 7.89. The van der Waals surface area contributed by atoms with E-state index in [1.165, 1.54) is 26.6 Å². The predicted molar refractivity (Wildman–Crippen MR) is 134 cm³/mol. The zero-order valence-electron chi connectivity index (χ0n) is 20.3. The lowest BCUT2D eigenvalue weighted by molar-refractivity contribution is -0.120. The van der Waals surface area contributed by atoms with Crippen LogP contribution >= 0.6 is 0 Å². The number of piperidine rings is 1. The van der Waals surface area contributed by atoms with Gasteiger partial charge in [-0.1, -0.05) is 18.2 Å². The maximum absolute atomic E-state index is 13.3. The number of carbonyl (C=O) groups is 1. The Morgan fingerprint density at radius 1 is 1.11 bits per heavy atom. The lowest BCUT2D eigenvalue weighted by atomic mass is 9.94. The largest absolute Gasteiger partial charge is 0.420 e. The van der Waals surface area contributed by atoms with Gasteiger partial charge in [0.15, 0.2) is 5.58 Å². The third-order valence-electron chi connectivity index (χ3n) is 7.25. The van der Waals surface area contributed by atoms with Crippen LogP contribution in [0.2, 0.25) is 0 Å². The van der Waals surface area contributed by atoms with E-state index in [1.807, 2.05) is 36.9 Å². The second-order valence-electron chi connectivity index (χ2n) is 9.96. The van der Waals surface area contributed by atoms with Gasteiger partial charge in [-0.25, -0.2) is 13.2 Å². The summed E-state index contributed by atoms with van der Waals surface area (Å²) in [4.78, 5) is 27.3. The normalized spacial score (nSPS) is 19.5. The van der Waals surface area contributed by atoms with Crippen LogP contribution in [0.5, 0.6) is 0 Å². The molecule has 1 atom stereocenters. The second-order valence-corrected chi connectivity index (χ2v) is 11.9. The molecule has 3 aromatic rings. The van der Waals surface area contributed by atoms with Crippen LogP contribution in [0.15, 0.2) is 56.6 Å². The first-order valence-corrected chi connectivity index (χ1v) is 13.7. The number of aromatic nitrogens is 1. The molecule has 8 nitrogen and oxygen atoms in total. The number of para-hydroxylation sites is 1. The summed E-state index contributed by atoms with van der Waals surface area (Å²) < 4.78 is 34.9. The Kier molecular flexibility index (Phi) is 6.09. The molecule has 5 rings (SSSR count). The van der Waals surface area contributed by atoms with Gasteiger partial charge < -0.3 is 9.32 Å². The van der Waals surface area contributed by atoms with E-state index in [1.54, 1.807) is 6.07 Å².